The number of methoxy groups -OCH3 is 2. The topological polar surface area (TPSA) is 64.8 Å². The zero-order chi connectivity index (χ0) is 14.4. The van der Waals surface area contributed by atoms with Crippen molar-refractivity contribution < 1.29 is 14.3 Å². The first kappa shape index (κ1) is 18.5. The number of nitrogens with zero attached hydrogens (tertiary/aromatic N) is 1. The predicted molar refractivity (Wildman–Crippen MR) is 81.5 cm³/mol. The second-order valence-electron chi connectivity index (χ2n) is 4.65. The first-order chi connectivity index (χ1) is 8.96. The van der Waals surface area contributed by atoms with Gasteiger partial charge in [0.05, 0.1) is 14.2 Å². The molecule has 20 heavy (non-hydrogen) atoms. The van der Waals surface area contributed by atoms with Crippen LogP contribution in [-0.2, 0) is 11.3 Å². The molecule has 0 heterocycles. The highest BCUT2D eigenvalue weighted by atomic mass is 35.5. The van der Waals surface area contributed by atoms with Gasteiger partial charge in [-0.15, -0.1) is 12.4 Å². The number of hydrogen-bond acceptors (Lipinski definition) is 4. The molecular weight excluding hydrogens is 280 g/mol. The fourth-order valence-corrected chi connectivity index (χ4v) is 1.75. The molecule has 5 nitrogen and oxygen atoms in total. The maximum absolute atomic E-state index is 11.9. The lowest BCUT2D eigenvalue weighted by molar-refractivity contribution is -0.130. The number of carbonyl (C=O) groups excluding carboxylic acids is 1. The molecule has 0 aromatic heterocycles. The molecule has 6 heteroatoms. The van der Waals surface area contributed by atoms with E-state index in [9.17, 15) is 4.79 Å². The van der Waals surface area contributed by atoms with E-state index in [-0.39, 0.29) is 24.4 Å². The molecule has 1 atom stereocenters. The normalized spacial score (nSPS) is 11.2. The van der Waals surface area contributed by atoms with Crippen LogP contribution in [-0.4, -0.2) is 38.1 Å². The number of carbonyl (C=O) groups is 1. The highest BCUT2D eigenvalue weighted by Gasteiger charge is 2.12. The summed E-state index contributed by atoms with van der Waals surface area (Å²) in [5, 5.41) is 0. The molecule has 0 radical (unpaired) electrons. The molecule has 0 fully saturated rings. The third-order valence-corrected chi connectivity index (χ3v) is 2.75. The standard InChI is InChI=1S/C14H22N2O3.ClH/c1-10(15)5-14(17)16(2)9-11-6-12(18-3)8-13(7-11)19-4;/h6-8,10H,5,9,15H2,1-4H3;1H. The van der Waals surface area contributed by atoms with Crippen LogP contribution in [0.5, 0.6) is 11.5 Å². The van der Waals surface area contributed by atoms with Gasteiger partial charge >= 0.3 is 0 Å². The minimum atomic E-state index is -0.130. The van der Waals surface area contributed by atoms with E-state index in [1.807, 2.05) is 19.1 Å². The Morgan fingerprint density at radius 1 is 1.25 bits per heavy atom. The lowest BCUT2D eigenvalue weighted by Crippen LogP contribution is -2.31. The highest BCUT2D eigenvalue weighted by Crippen LogP contribution is 2.23. The molecule has 0 aliphatic heterocycles. The zero-order valence-electron chi connectivity index (χ0n) is 12.4. The van der Waals surface area contributed by atoms with E-state index in [2.05, 4.69) is 0 Å². The average molecular weight is 303 g/mol. The summed E-state index contributed by atoms with van der Waals surface area (Å²) in [5.41, 5.74) is 6.58. The summed E-state index contributed by atoms with van der Waals surface area (Å²) in [6.45, 7) is 2.32. The number of hydrogen-bond donors (Lipinski definition) is 1. The van der Waals surface area contributed by atoms with E-state index < -0.39 is 0 Å². The summed E-state index contributed by atoms with van der Waals surface area (Å²) in [6, 6.07) is 5.44. The summed E-state index contributed by atoms with van der Waals surface area (Å²) in [5.74, 6) is 1.45. The van der Waals surface area contributed by atoms with Gasteiger partial charge in [0.25, 0.3) is 0 Å². The smallest absolute Gasteiger partial charge is 0.224 e. The van der Waals surface area contributed by atoms with E-state index in [4.69, 9.17) is 15.2 Å². The Morgan fingerprint density at radius 3 is 2.15 bits per heavy atom. The van der Waals surface area contributed by atoms with Crippen molar-refractivity contribution in [3.8, 4) is 11.5 Å². The Hall–Kier alpha value is -1.46. The molecule has 2 N–H and O–H groups in total. The van der Waals surface area contributed by atoms with Crippen molar-refractivity contribution in [2.45, 2.75) is 25.9 Å². The van der Waals surface area contributed by atoms with Gasteiger partial charge in [-0.05, 0) is 24.6 Å². The molecule has 1 rings (SSSR count). The first-order valence-electron chi connectivity index (χ1n) is 6.17. The summed E-state index contributed by atoms with van der Waals surface area (Å²) in [4.78, 5) is 13.5. The molecule has 114 valence electrons. The quantitative estimate of drug-likeness (QED) is 0.870. The predicted octanol–water partition coefficient (Wildman–Crippen LogP) is 1.82. The zero-order valence-corrected chi connectivity index (χ0v) is 13.2. The van der Waals surface area contributed by atoms with Gasteiger partial charge in [-0.25, -0.2) is 0 Å². The van der Waals surface area contributed by atoms with E-state index in [0.29, 0.717) is 24.5 Å². The lowest BCUT2D eigenvalue weighted by Gasteiger charge is -2.19. The molecule has 0 aliphatic carbocycles. The van der Waals surface area contributed by atoms with Crippen molar-refractivity contribution in [2.24, 2.45) is 5.73 Å². The number of amides is 1. The summed E-state index contributed by atoms with van der Waals surface area (Å²) in [6.07, 6.45) is 0.345. The van der Waals surface area contributed by atoms with Gasteiger partial charge in [-0.2, -0.15) is 0 Å². The number of benzene rings is 1. The molecular formula is C14H23ClN2O3. The van der Waals surface area contributed by atoms with Gasteiger partial charge < -0.3 is 20.1 Å². The molecule has 1 aromatic carbocycles. The number of ether oxygens (including phenoxy) is 2. The Balaban J connectivity index is 0.00000361. The van der Waals surface area contributed by atoms with Gasteiger partial charge in [-0.3, -0.25) is 4.79 Å². The molecule has 0 saturated carbocycles. The van der Waals surface area contributed by atoms with Gasteiger partial charge in [0.1, 0.15) is 11.5 Å². The molecule has 1 aromatic rings. The average Bonchev–Trinajstić information content (AvgIpc) is 2.37. The fourth-order valence-electron chi connectivity index (χ4n) is 1.75. The SMILES string of the molecule is COc1cc(CN(C)C(=O)CC(C)N)cc(OC)c1.Cl. The highest BCUT2D eigenvalue weighted by molar-refractivity contribution is 5.85. The molecule has 0 aliphatic rings. The van der Waals surface area contributed by atoms with Crippen LogP contribution in [0, 0.1) is 0 Å². The Kier molecular flexibility index (Phi) is 8.03. The maximum atomic E-state index is 11.9. The summed E-state index contributed by atoms with van der Waals surface area (Å²) >= 11 is 0. The van der Waals surface area contributed by atoms with Crippen LogP contribution >= 0.6 is 12.4 Å². The third kappa shape index (κ3) is 5.67. The largest absolute Gasteiger partial charge is 0.497 e. The van der Waals surface area contributed by atoms with Crippen LogP contribution in [0.4, 0.5) is 0 Å². The van der Waals surface area contributed by atoms with Crippen LogP contribution in [0.15, 0.2) is 18.2 Å². The molecule has 1 amide bonds. The van der Waals surface area contributed by atoms with E-state index in [1.54, 1.807) is 32.2 Å². The summed E-state index contributed by atoms with van der Waals surface area (Å²) < 4.78 is 10.4. The van der Waals surface area contributed by atoms with E-state index in [0.717, 1.165) is 5.56 Å². The number of nitrogens with two attached hydrogens (primary N) is 1. The minimum absolute atomic E-state index is 0. The third-order valence-electron chi connectivity index (χ3n) is 2.75. The van der Waals surface area contributed by atoms with Gasteiger partial charge in [-0.1, -0.05) is 0 Å². The Morgan fingerprint density at radius 2 is 1.75 bits per heavy atom. The molecule has 0 saturated heterocycles. The van der Waals surface area contributed by atoms with Crippen molar-refractivity contribution in [3.63, 3.8) is 0 Å². The van der Waals surface area contributed by atoms with Gasteiger partial charge in [0, 0.05) is 32.1 Å². The Bertz CT molecular complexity index is 416. The summed E-state index contributed by atoms with van der Waals surface area (Å²) in [7, 11) is 4.96. The van der Waals surface area contributed by atoms with E-state index >= 15 is 0 Å². The van der Waals surface area contributed by atoms with Crippen molar-refractivity contribution in [3.05, 3.63) is 23.8 Å². The van der Waals surface area contributed by atoms with Crippen molar-refractivity contribution in [1.29, 1.82) is 0 Å². The van der Waals surface area contributed by atoms with Gasteiger partial charge in [0.15, 0.2) is 0 Å². The maximum Gasteiger partial charge on any atom is 0.224 e. The van der Waals surface area contributed by atoms with Crippen LogP contribution in [0.25, 0.3) is 0 Å². The Labute approximate surface area is 126 Å². The second kappa shape index (κ2) is 8.66. The monoisotopic (exact) mass is 302 g/mol. The van der Waals surface area contributed by atoms with Crippen LogP contribution in [0.2, 0.25) is 0 Å². The van der Waals surface area contributed by atoms with Crippen LogP contribution < -0.4 is 15.2 Å². The van der Waals surface area contributed by atoms with E-state index in [1.165, 1.54) is 0 Å². The van der Waals surface area contributed by atoms with Crippen molar-refractivity contribution in [1.82, 2.24) is 4.90 Å². The lowest BCUT2D eigenvalue weighted by atomic mass is 10.1. The molecule has 1 unspecified atom stereocenters. The van der Waals surface area contributed by atoms with Crippen LogP contribution in [0.1, 0.15) is 18.9 Å². The minimum Gasteiger partial charge on any atom is -0.497 e. The first-order valence-corrected chi connectivity index (χ1v) is 6.17. The molecule has 0 spiro atoms. The van der Waals surface area contributed by atoms with Crippen LogP contribution in [0.3, 0.4) is 0 Å². The van der Waals surface area contributed by atoms with Crippen molar-refractivity contribution in [2.75, 3.05) is 21.3 Å². The molecule has 0 bridgehead atoms. The van der Waals surface area contributed by atoms with Gasteiger partial charge in [0.2, 0.25) is 5.91 Å². The fraction of sp³-hybridized carbons (Fsp3) is 0.500. The second-order valence-corrected chi connectivity index (χ2v) is 4.65. The number of rotatable bonds is 6. The van der Waals surface area contributed by atoms with Crippen molar-refractivity contribution >= 4 is 18.3 Å². The number of halogens is 1.